The van der Waals surface area contributed by atoms with Crippen LogP contribution in [0.2, 0.25) is 0 Å². The van der Waals surface area contributed by atoms with Crippen LogP contribution in [-0.4, -0.2) is 40.9 Å². The minimum Gasteiger partial charge on any atom is -0.293 e. The number of nitrogens with two attached hydrogens (primary N) is 1. The van der Waals surface area contributed by atoms with Gasteiger partial charge in [0, 0.05) is 24.1 Å². The fourth-order valence-electron chi connectivity index (χ4n) is 1.59. The van der Waals surface area contributed by atoms with Crippen molar-refractivity contribution in [3.63, 3.8) is 0 Å². The lowest BCUT2D eigenvalue weighted by molar-refractivity contribution is -0.126. The van der Waals surface area contributed by atoms with E-state index in [9.17, 15) is 4.79 Å². The highest BCUT2D eigenvalue weighted by Gasteiger charge is 2.27. The molecule has 0 saturated carbocycles. The molecule has 0 bridgehead atoms. The van der Waals surface area contributed by atoms with Crippen LogP contribution in [0.15, 0.2) is 0 Å². The Kier molecular flexibility index (Phi) is 4.02. The molecular formula is C8H17N3OS. The second kappa shape index (κ2) is 4.83. The van der Waals surface area contributed by atoms with Gasteiger partial charge in [-0.25, -0.2) is 5.84 Å². The summed E-state index contributed by atoms with van der Waals surface area (Å²) in [7, 11) is 0. The van der Waals surface area contributed by atoms with Crippen molar-refractivity contribution >= 4 is 17.7 Å². The third-order valence-electron chi connectivity index (χ3n) is 2.44. The van der Waals surface area contributed by atoms with Crippen molar-refractivity contribution in [1.29, 1.82) is 0 Å². The summed E-state index contributed by atoms with van der Waals surface area (Å²) in [5, 5.41) is 0. The molecule has 5 heteroatoms. The van der Waals surface area contributed by atoms with E-state index < -0.39 is 0 Å². The van der Waals surface area contributed by atoms with Crippen LogP contribution in [0.4, 0.5) is 0 Å². The number of carbonyl (C=O) groups excluding carboxylic acids is 1. The lowest BCUT2D eigenvalue weighted by Crippen LogP contribution is -2.53. The quantitative estimate of drug-likeness (QED) is 0.371. The van der Waals surface area contributed by atoms with Gasteiger partial charge in [0.1, 0.15) is 0 Å². The zero-order valence-corrected chi connectivity index (χ0v) is 8.93. The number of hydrazine groups is 1. The lowest BCUT2D eigenvalue weighted by Gasteiger charge is -2.36. The van der Waals surface area contributed by atoms with Gasteiger partial charge in [0.05, 0.1) is 6.04 Å². The van der Waals surface area contributed by atoms with Gasteiger partial charge in [-0.1, -0.05) is 0 Å². The molecule has 1 heterocycles. The predicted molar refractivity (Wildman–Crippen MR) is 55.3 cm³/mol. The number of hydrogen-bond acceptors (Lipinski definition) is 4. The molecule has 0 aromatic rings. The Morgan fingerprint density at radius 2 is 2.46 bits per heavy atom. The standard InChI is InChI=1S/C8H17N3OS/c1-6-5-13-4-3-11(6)7(2)8(12)10-9/h6-7H,3-5,9H2,1-2H3,(H,10,12). The number of nitrogens with one attached hydrogen (secondary N) is 1. The Morgan fingerprint density at radius 1 is 1.77 bits per heavy atom. The molecule has 76 valence electrons. The van der Waals surface area contributed by atoms with Gasteiger partial charge in [0.2, 0.25) is 0 Å². The smallest absolute Gasteiger partial charge is 0.250 e. The van der Waals surface area contributed by atoms with Gasteiger partial charge in [-0.3, -0.25) is 15.1 Å². The molecule has 0 aliphatic carbocycles. The molecule has 3 N–H and O–H groups in total. The molecule has 1 rings (SSSR count). The molecule has 0 aromatic heterocycles. The summed E-state index contributed by atoms with van der Waals surface area (Å²) < 4.78 is 0. The zero-order chi connectivity index (χ0) is 9.84. The van der Waals surface area contributed by atoms with Crippen LogP contribution >= 0.6 is 11.8 Å². The average Bonchev–Trinajstić information content (AvgIpc) is 2.16. The first kappa shape index (κ1) is 10.8. The van der Waals surface area contributed by atoms with Gasteiger partial charge in [0.25, 0.3) is 5.91 Å². The van der Waals surface area contributed by atoms with E-state index >= 15 is 0 Å². The number of nitrogens with zero attached hydrogens (tertiary/aromatic N) is 1. The Hall–Kier alpha value is -0.260. The van der Waals surface area contributed by atoms with Gasteiger partial charge in [0.15, 0.2) is 0 Å². The molecule has 2 atom stereocenters. The zero-order valence-electron chi connectivity index (χ0n) is 8.12. The number of rotatable bonds is 2. The van der Waals surface area contributed by atoms with E-state index in [-0.39, 0.29) is 11.9 Å². The topological polar surface area (TPSA) is 58.4 Å². The molecule has 0 radical (unpaired) electrons. The van der Waals surface area contributed by atoms with Crippen molar-refractivity contribution in [2.75, 3.05) is 18.1 Å². The Balaban J connectivity index is 2.53. The molecular weight excluding hydrogens is 186 g/mol. The van der Waals surface area contributed by atoms with Crippen molar-refractivity contribution in [2.45, 2.75) is 25.9 Å². The third-order valence-corrected chi connectivity index (χ3v) is 3.63. The first-order valence-electron chi connectivity index (χ1n) is 4.50. The van der Waals surface area contributed by atoms with E-state index in [4.69, 9.17) is 5.84 Å². The van der Waals surface area contributed by atoms with Crippen molar-refractivity contribution < 1.29 is 4.79 Å². The second-order valence-corrected chi connectivity index (χ2v) is 4.50. The molecule has 0 spiro atoms. The molecule has 1 fully saturated rings. The van der Waals surface area contributed by atoms with Crippen LogP contribution in [-0.2, 0) is 4.79 Å². The van der Waals surface area contributed by atoms with Crippen molar-refractivity contribution in [1.82, 2.24) is 10.3 Å². The van der Waals surface area contributed by atoms with E-state index in [1.54, 1.807) is 0 Å². The highest BCUT2D eigenvalue weighted by molar-refractivity contribution is 7.99. The minimum atomic E-state index is -0.110. The summed E-state index contributed by atoms with van der Waals surface area (Å²) in [6.45, 7) is 5.02. The normalized spacial score (nSPS) is 26.8. The molecule has 1 saturated heterocycles. The molecule has 1 aliphatic rings. The predicted octanol–water partition coefficient (Wildman–Crippen LogP) is -0.198. The van der Waals surface area contributed by atoms with E-state index in [0.29, 0.717) is 6.04 Å². The van der Waals surface area contributed by atoms with Crippen LogP contribution in [0.25, 0.3) is 0 Å². The first-order valence-corrected chi connectivity index (χ1v) is 5.66. The van der Waals surface area contributed by atoms with Crippen LogP contribution < -0.4 is 11.3 Å². The largest absolute Gasteiger partial charge is 0.293 e. The number of carbonyl (C=O) groups is 1. The average molecular weight is 203 g/mol. The second-order valence-electron chi connectivity index (χ2n) is 3.35. The summed E-state index contributed by atoms with van der Waals surface area (Å²) in [5.74, 6) is 7.20. The van der Waals surface area contributed by atoms with Gasteiger partial charge >= 0.3 is 0 Å². The summed E-state index contributed by atoms with van der Waals surface area (Å²) in [4.78, 5) is 13.5. The molecule has 2 unspecified atom stereocenters. The van der Waals surface area contributed by atoms with E-state index in [1.807, 2.05) is 18.7 Å². The molecule has 4 nitrogen and oxygen atoms in total. The van der Waals surface area contributed by atoms with E-state index in [0.717, 1.165) is 18.1 Å². The highest BCUT2D eigenvalue weighted by atomic mass is 32.2. The van der Waals surface area contributed by atoms with Crippen molar-refractivity contribution in [3.05, 3.63) is 0 Å². The van der Waals surface area contributed by atoms with Crippen molar-refractivity contribution in [2.24, 2.45) is 5.84 Å². The SMILES string of the molecule is CC1CSCCN1C(C)C(=O)NN. The summed E-state index contributed by atoms with van der Waals surface area (Å²) in [6.07, 6.45) is 0. The van der Waals surface area contributed by atoms with Crippen molar-refractivity contribution in [3.8, 4) is 0 Å². The Labute approximate surface area is 83.2 Å². The summed E-state index contributed by atoms with van der Waals surface area (Å²) in [6, 6.07) is 0.354. The molecule has 1 amide bonds. The monoisotopic (exact) mass is 203 g/mol. The maximum atomic E-state index is 11.3. The first-order chi connectivity index (χ1) is 6.16. The van der Waals surface area contributed by atoms with E-state index in [2.05, 4.69) is 17.2 Å². The number of hydrogen-bond donors (Lipinski definition) is 2. The Bertz CT molecular complexity index is 188. The van der Waals surface area contributed by atoms with Gasteiger partial charge in [-0.15, -0.1) is 0 Å². The van der Waals surface area contributed by atoms with Crippen LogP contribution in [0.1, 0.15) is 13.8 Å². The highest BCUT2D eigenvalue weighted by Crippen LogP contribution is 2.18. The van der Waals surface area contributed by atoms with Gasteiger partial charge < -0.3 is 0 Å². The maximum absolute atomic E-state index is 11.3. The number of thioether (sulfide) groups is 1. The van der Waals surface area contributed by atoms with Crippen LogP contribution in [0.3, 0.4) is 0 Å². The molecule has 1 aliphatic heterocycles. The molecule has 13 heavy (non-hydrogen) atoms. The van der Waals surface area contributed by atoms with Gasteiger partial charge in [-0.2, -0.15) is 11.8 Å². The fraction of sp³-hybridized carbons (Fsp3) is 0.875. The number of amides is 1. The van der Waals surface area contributed by atoms with Crippen LogP contribution in [0.5, 0.6) is 0 Å². The minimum absolute atomic E-state index is 0.0984. The maximum Gasteiger partial charge on any atom is 0.250 e. The van der Waals surface area contributed by atoms with Gasteiger partial charge in [-0.05, 0) is 13.8 Å². The summed E-state index contributed by atoms with van der Waals surface area (Å²) in [5.41, 5.74) is 2.20. The van der Waals surface area contributed by atoms with E-state index in [1.165, 1.54) is 0 Å². The molecule has 0 aromatic carbocycles. The lowest BCUT2D eigenvalue weighted by atomic mass is 10.2. The van der Waals surface area contributed by atoms with Crippen LogP contribution in [0, 0.1) is 0 Å². The third kappa shape index (κ3) is 2.59. The summed E-state index contributed by atoms with van der Waals surface area (Å²) >= 11 is 1.94. The Morgan fingerprint density at radius 3 is 3.00 bits per heavy atom. The fourth-order valence-corrected chi connectivity index (χ4v) is 2.63.